The molecule has 0 aliphatic carbocycles. The summed E-state index contributed by atoms with van der Waals surface area (Å²) in [6.45, 7) is 3.35. The maximum Gasteiger partial charge on any atom is 0.323 e. The van der Waals surface area contributed by atoms with Crippen molar-refractivity contribution in [2.24, 2.45) is 0 Å². The Balaban J connectivity index is 2.79. The lowest BCUT2D eigenvalue weighted by Gasteiger charge is -2.25. The summed E-state index contributed by atoms with van der Waals surface area (Å²) in [5.74, 6) is -1.76. The van der Waals surface area contributed by atoms with Crippen molar-refractivity contribution >= 4 is 18.0 Å². The minimum absolute atomic E-state index is 0.156. The number of halogens is 1. The second kappa shape index (κ2) is 7.43. The SMILES string of the molecule is CCC(C)N(CC(=O)O)C(=O)/C=C/c1ccc(F)cc1. The van der Waals surface area contributed by atoms with Crippen molar-refractivity contribution in [2.75, 3.05) is 6.54 Å². The highest BCUT2D eigenvalue weighted by Gasteiger charge is 2.19. The molecule has 5 heteroatoms. The molecule has 1 rings (SSSR count). The van der Waals surface area contributed by atoms with Crippen molar-refractivity contribution in [3.8, 4) is 0 Å². The third-order valence-corrected chi connectivity index (χ3v) is 3.00. The standard InChI is InChI=1S/C15H18FNO3/c1-3-11(2)17(10-15(19)20)14(18)9-6-12-4-7-13(16)8-5-12/h4-9,11H,3,10H2,1-2H3,(H,19,20)/b9-6+. The zero-order valence-corrected chi connectivity index (χ0v) is 11.5. The fraction of sp³-hybridized carbons (Fsp3) is 0.333. The summed E-state index contributed by atoms with van der Waals surface area (Å²) in [6.07, 6.45) is 3.52. The Labute approximate surface area is 117 Å². The molecule has 0 saturated carbocycles. The van der Waals surface area contributed by atoms with Crippen molar-refractivity contribution in [1.82, 2.24) is 4.90 Å². The van der Waals surface area contributed by atoms with E-state index in [0.29, 0.717) is 12.0 Å². The lowest BCUT2D eigenvalue weighted by molar-refractivity contribution is -0.144. The van der Waals surface area contributed by atoms with Gasteiger partial charge in [0.15, 0.2) is 0 Å². The molecule has 1 unspecified atom stereocenters. The third kappa shape index (κ3) is 4.84. The fourth-order valence-electron chi connectivity index (χ4n) is 1.65. The molecule has 4 nitrogen and oxygen atoms in total. The van der Waals surface area contributed by atoms with Crippen molar-refractivity contribution in [2.45, 2.75) is 26.3 Å². The van der Waals surface area contributed by atoms with Crippen LogP contribution >= 0.6 is 0 Å². The molecule has 108 valence electrons. The second-order valence-electron chi connectivity index (χ2n) is 4.50. The van der Waals surface area contributed by atoms with Gasteiger partial charge in [0.05, 0.1) is 0 Å². The van der Waals surface area contributed by atoms with Crippen molar-refractivity contribution in [3.63, 3.8) is 0 Å². The van der Waals surface area contributed by atoms with Gasteiger partial charge in [0.1, 0.15) is 12.4 Å². The van der Waals surface area contributed by atoms with Gasteiger partial charge in [-0.2, -0.15) is 0 Å². The van der Waals surface area contributed by atoms with Crippen LogP contribution in [0.1, 0.15) is 25.8 Å². The van der Waals surface area contributed by atoms with Crippen LogP contribution in [0.4, 0.5) is 4.39 Å². The average molecular weight is 279 g/mol. The van der Waals surface area contributed by atoms with Gasteiger partial charge in [0.25, 0.3) is 0 Å². The molecule has 1 aromatic carbocycles. The number of hydrogen-bond acceptors (Lipinski definition) is 2. The number of aliphatic carboxylic acids is 1. The molecular weight excluding hydrogens is 261 g/mol. The van der Waals surface area contributed by atoms with E-state index in [1.807, 2.05) is 6.92 Å². The van der Waals surface area contributed by atoms with Gasteiger partial charge >= 0.3 is 5.97 Å². The number of hydrogen-bond donors (Lipinski definition) is 1. The van der Waals surface area contributed by atoms with Gasteiger partial charge in [-0.1, -0.05) is 19.1 Å². The number of benzene rings is 1. The Morgan fingerprint density at radius 3 is 2.45 bits per heavy atom. The first kappa shape index (κ1) is 15.9. The van der Waals surface area contributed by atoms with E-state index in [9.17, 15) is 14.0 Å². The predicted molar refractivity (Wildman–Crippen MR) is 74.5 cm³/mol. The molecule has 0 aromatic heterocycles. The Hall–Kier alpha value is -2.17. The largest absolute Gasteiger partial charge is 0.480 e. The molecule has 1 N–H and O–H groups in total. The zero-order valence-electron chi connectivity index (χ0n) is 11.5. The quantitative estimate of drug-likeness (QED) is 0.814. The van der Waals surface area contributed by atoms with E-state index in [-0.39, 0.29) is 24.3 Å². The molecule has 0 aliphatic heterocycles. The maximum atomic E-state index is 12.7. The van der Waals surface area contributed by atoms with Crippen molar-refractivity contribution in [3.05, 3.63) is 41.7 Å². The van der Waals surface area contributed by atoms with Gasteiger partial charge in [0, 0.05) is 12.1 Å². The maximum absolute atomic E-state index is 12.7. The fourth-order valence-corrected chi connectivity index (χ4v) is 1.65. The predicted octanol–water partition coefficient (Wildman–Crippen LogP) is 2.55. The summed E-state index contributed by atoms with van der Waals surface area (Å²) < 4.78 is 12.7. The molecular formula is C15H18FNO3. The highest BCUT2D eigenvalue weighted by Crippen LogP contribution is 2.08. The zero-order chi connectivity index (χ0) is 15.1. The monoisotopic (exact) mass is 279 g/mol. The summed E-state index contributed by atoms with van der Waals surface area (Å²) in [7, 11) is 0. The summed E-state index contributed by atoms with van der Waals surface area (Å²) >= 11 is 0. The Kier molecular flexibility index (Phi) is 5.90. The van der Waals surface area contributed by atoms with Crippen LogP contribution in [0, 0.1) is 5.82 Å². The van der Waals surface area contributed by atoms with Crippen LogP contribution < -0.4 is 0 Å². The van der Waals surface area contributed by atoms with E-state index < -0.39 is 5.97 Å². The van der Waals surface area contributed by atoms with Crippen LogP contribution in [0.3, 0.4) is 0 Å². The summed E-state index contributed by atoms with van der Waals surface area (Å²) in [4.78, 5) is 24.1. The minimum atomic E-state index is -1.05. The summed E-state index contributed by atoms with van der Waals surface area (Å²) in [6, 6.07) is 5.53. The Morgan fingerprint density at radius 1 is 1.35 bits per heavy atom. The van der Waals surface area contributed by atoms with E-state index in [2.05, 4.69) is 0 Å². The van der Waals surface area contributed by atoms with Gasteiger partial charge in [0.2, 0.25) is 5.91 Å². The van der Waals surface area contributed by atoms with Gasteiger partial charge in [-0.05, 0) is 37.1 Å². The summed E-state index contributed by atoms with van der Waals surface area (Å²) in [5.41, 5.74) is 0.680. The molecule has 0 bridgehead atoms. The molecule has 1 amide bonds. The van der Waals surface area contributed by atoms with E-state index in [0.717, 1.165) is 0 Å². The number of carboxylic acid groups (broad SMARTS) is 1. The Morgan fingerprint density at radius 2 is 1.95 bits per heavy atom. The van der Waals surface area contributed by atoms with E-state index in [4.69, 9.17) is 5.11 Å². The number of nitrogens with zero attached hydrogens (tertiary/aromatic N) is 1. The normalized spacial score (nSPS) is 12.3. The summed E-state index contributed by atoms with van der Waals surface area (Å²) in [5, 5.41) is 8.83. The topological polar surface area (TPSA) is 57.6 Å². The van der Waals surface area contributed by atoms with Crippen LogP contribution in [0.5, 0.6) is 0 Å². The number of amides is 1. The van der Waals surface area contributed by atoms with Gasteiger partial charge in [-0.25, -0.2) is 4.39 Å². The molecule has 0 fully saturated rings. The number of carbonyl (C=O) groups is 2. The molecule has 1 atom stereocenters. The molecule has 0 radical (unpaired) electrons. The highest BCUT2D eigenvalue weighted by atomic mass is 19.1. The highest BCUT2D eigenvalue weighted by molar-refractivity contribution is 5.93. The first-order chi connectivity index (χ1) is 9.43. The molecule has 1 aromatic rings. The first-order valence-corrected chi connectivity index (χ1v) is 6.40. The van der Waals surface area contributed by atoms with E-state index >= 15 is 0 Å². The molecule has 20 heavy (non-hydrogen) atoms. The molecule has 0 saturated heterocycles. The van der Waals surface area contributed by atoms with E-state index in [1.165, 1.54) is 23.1 Å². The van der Waals surface area contributed by atoms with Crippen molar-refractivity contribution < 1.29 is 19.1 Å². The van der Waals surface area contributed by atoms with Gasteiger partial charge in [-0.3, -0.25) is 9.59 Å². The third-order valence-electron chi connectivity index (χ3n) is 3.00. The lowest BCUT2D eigenvalue weighted by atomic mass is 10.2. The first-order valence-electron chi connectivity index (χ1n) is 6.40. The van der Waals surface area contributed by atoms with Gasteiger partial charge in [-0.15, -0.1) is 0 Å². The van der Waals surface area contributed by atoms with Crippen molar-refractivity contribution in [1.29, 1.82) is 0 Å². The average Bonchev–Trinajstić information content (AvgIpc) is 2.42. The Bertz CT molecular complexity index is 496. The minimum Gasteiger partial charge on any atom is -0.480 e. The van der Waals surface area contributed by atoms with Crippen LogP contribution in [0.25, 0.3) is 6.08 Å². The van der Waals surface area contributed by atoms with Crippen LogP contribution in [-0.4, -0.2) is 34.5 Å². The molecule has 0 spiro atoms. The number of carbonyl (C=O) groups excluding carboxylic acids is 1. The van der Waals surface area contributed by atoms with E-state index in [1.54, 1.807) is 25.1 Å². The van der Waals surface area contributed by atoms with Crippen LogP contribution in [0.15, 0.2) is 30.3 Å². The van der Waals surface area contributed by atoms with Gasteiger partial charge < -0.3 is 10.0 Å². The molecule has 0 heterocycles. The van der Waals surface area contributed by atoms with Crippen LogP contribution in [-0.2, 0) is 9.59 Å². The van der Waals surface area contributed by atoms with Crippen LogP contribution in [0.2, 0.25) is 0 Å². The second-order valence-corrected chi connectivity index (χ2v) is 4.50. The smallest absolute Gasteiger partial charge is 0.323 e. The number of carboxylic acids is 1. The number of rotatable bonds is 6. The molecule has 0 aliphatic rings. The lowest BCUT2D eigenvalue weighted by Crippen LogP contribution is -2.40.